The van der Waals surface area contributed by atoms with Crippen molar-refractivity contribution in [1.82, 2.24) is 0 Å². The molecule has 0 aromatic heterocycles. The molecule has 0 bridgehead atoms. The van der Waals surface area contributed by atoms with E-state index in [1.807, 2.05) is 6.07 Å². The van der Waals surface area contributed by atoms with Crippen molar-refractivity contribution < 1.29 is 4.74 Å². The van der Waals surface area contributed by atoms with Crippen molar-refractivity contribution in [3.8, 4) is 5.75 Å². The molecular weight excluding hydrogens is 266 g/mol. The lowest BCUT2D eigenvalue weighted by molar-refractivity contribution is 0.180. The van der Waals surface area contributed by atoms with Gasteiger partial charge in [0.2, 0.25) is 0 Å². The van der Waals surface area contributed by atoms with E-state index < -0.39 is 0 Å². The topological polar surface area (TPSA) is 35.2 Å². The summed E-state index contributed by atoms with van der Waals surface area (Å²) < 4.78 is 6.84. The number of hydrogen-bond acceptors (Lipinski definition) is 2. The first-order chi connectivity index (χ1) is 7.79. The highest BCUT2D eigenvalue weighted by molar-refractivity contribution is 9.10. The van der Waals surface area contributed by atoms with Crippen LogP contribution in [0.25, 0.3) is 0 Å². The number of benzene rings is 1. The fourth-order valence-corrected chi connectivity index (χ4v) is 2.39. The molecule has 0 atom stereocenters. The molecule has 2 N–H and O–H groups in total. The van der Waals surface area contributed by atoms with Crippen LogP contribution >= 0.6 is 15.9 Å². The molecule has 1 fully saturated rings. The summed E-state index contributed by atoms with van der Waals surface area (Å²) in [4.78, 5) is 0. The van der Waals surface area contributed by atoms with Crippen LogP contribution in [-0.2, 0) is 6.42 Å². The van der Waals surface area contributed by atoms with Gasteiger partial charge in [-0.3, -0.25) is 0 Å². The first kappa shape index (κ1) is 11.9. The van der Waals surface area contributed by atoms with Gasteiger partial charge in [0.25, 0.3) is 0 Å². The van der Waals surface area contributed by atoms with E-state index in [1.165, 1.54) is 24.8 Å². The van der Waals surface area contributed by atoms with Crippen LogP contribution in [0, 0.1) is 5.92 Å². The zero-order valence-electron chi connectivity index (χ0n) is 9.42. The van der Waals surface area contributed by atoms with Crippen molar-refractivity contribution in [2.45, 2.75) is 25.7 Å². The lowest BCUT2D eigenvalue weighted by Gasteiger charge is -2.25. The predicted molar refractivity (Wildman–Crippen MR) is 69.7 cm³/mol. The van der Waals surface area contributed by atoms with Crippen LogP contribution in [-0.4, -0.2) is 13.2 Å². The second kappa shape index (κ2) is 5.69. The van der Waals surface area contributed by atoms with Gasteiger partial charge in [0.05, 0.1) is 11.1 Å². The van der Waals surface area contributed by atoms with E-state index in [1.54, 1.807) is 0 Å². The Balaban J connectivity index is 1.92. The average molecular weight is 284 g/mol. The zero-order chi connectivity index (χ0) is 11.4. The van der Waals surface area contributed by atoms with Gasteiger partial charge in [-0.1, -0.05) is 12.5 Å². The third-order valence-electron chi connectivity index (χ3n) is 3.13. The Bertz CT molecular complexity index is 350. The highest BCUT2D eigenvalue weighted by Gasteiger charge is 2.18. The molecule has 1 aromatic rings. The SMILES string of the molecule is NCCc1ccc(OCC2CCC2)c(Br)c1. The maximum absolute atomic E-state index is 5.80. The molecule has 3 heteroatoms. The van der Waals surface area contributed by atoms with Crippen molar-refractivity contribution in [3.05, 3.63) is 28.2 Å². The first-order valence-corrected chi connectivity index (χ1v) is 6.70. The Morgan fingerprint density at radius 2 is 2.19 bits per heavy atom. The van der Waals surface area contributed by atoms with E-state index in [0.717, 1.165) is 29.2 Å². The van der Waals surface area contributed by atoms with Crippen LogP contribution in [0.2, 0.25) is 0 Å². The molecule has 0 spiro atoms. The van der Waals surface area contributed by atoms with Crippen molar-refractivity contribution in [3.63, 3.8) is 0 Å². The molecule has 16 heavy (non-hydrogen) atoms. The molecule has 1 aliphatic rings. The summed E-state index contributed by atoms with van der Waals surface area (Å²) in [7, 11) is 0. The number of rotatable bonds is 5. The van der Waals surface area contributed by atoms with Gasteiger partial charge in [0.15, 0.2) is 0 Å². The second-order valence-corrected chi connectivity index (χ2v) is 5.27. The standard InChI is InChI=1S/C13H18BrNO/c14-12-8-10(6-7-15)4-5-13(12)16-9-11-2-1-3-11/h4-5,8,11H,1-3,6-7,9,15H2. The molecule has 0 unspecified atom stereocenters. The number of nitrogens with two attached hydrogens (primary N) is 1. The minimum Gasteiger partial charge on any atom is -0.492 e. The monoisotopic (exact) mass is 283 g/mol. The Kier molecular flexibility index (Phi) is 4.24. The van der Waals surface area contributed by atoms with Gasteiger partial charge in [-0.15, -0.1) is 0 Å². The molecule has 0 radical (unpaired) electrons. The van der Waals surface area contributed by atoms with Crippen LogP contribution in [0.3, 0.4) is 0 Å². The van der Waals surface area contributed by atoms with Crippen LogP contribution in [0.15, 0.2) is 22.7 Å². The third kappa shape index (κ3) is 2.98. The van der Waals surface area contributed by atoms with Gasteiger partial charge in [-0.05, 0) is 65.4 Å². The maximum atomic E-state index is 5.80. The second-order valence-electron chi connectivity index (χ2n) is 4.41. The number of hydrogen-bond donors (Lipinski definition) is 1. The molecule has 1 aliphatic carbocycles. The van der Waals surface area contributed by atoms with Gasteiger partial charge >= 0.3 is 0 Å². The minimum absolute atomic E-state index is 0.689. The molecular formula is C13H18BrNO. The fraction of sp³-hybridized carbons (Fsp3) is 0.538. The molecule has 0 saturated heterocycles. The van der Waals surface area contributed by atoms with E-state index in [-0.39, 0.29) is 0 Å². The summed E-state index contributed by atoms with van der Waals surface area (Å²) in [6, 6.07) is 6.23. The highest BCUT2D eigenvalue weighted by atomic mass is 79.9. The van der Waals surface area contributed by atoms with Gasteiger partial charge in [-0.25, -0.2) is 0 Å². The molecule has 0 heterocycles. The molecule has 2 rings (SSSR count). The van der Waals surface area contributed by atoms with Crippen molar-refractivity contribution in [1.29, 1.82) is 0 Å². The molecule has 0 aliphatic heterocycles. The van der Waals surface area contributed by atoms with E-state index in [4.69, 9.17) is 10.5 Å². The maximum Gasteiger partial charge on any atom is 0.133 e. The number of halogens is 1. The quantitative estimate of drug-likeness (QED) is 0.901. The van der Waals surface area contributed by atoms with E-state index in [2.05, 4.69) is 28.1 Å². The average Bonchev–Trinajstić information content (AvgIpc) is 2.19. The highest BCUT2D eigenvalue weighted by Crippen LogP contribution is 2.30. The Morgan fingerprint density at radius 1 is 1.38 bits per heavy atom. The summed E-state index contributed by atoms with van der Waals surface area (Å²) in [5, 5.41) is 0. The summed E-state index contributed by atoms with van der Waals surface area (Å²) in [6.45, 7) is 1.55. The van der Waals surface area contributed by atoms with Gasteiger partial charge in [-0.2, -0.15) is 0 Å². The van der Waals surface area contributed by atoms with Crippen LogP contribution < -0.4 is 10.5 Å². The third-order valence-corrected chi connectivity index (χ3v) is 3.75. The zero-order valence-corrected chi connectivity index (χ0v) is 11.0. The number of ether oxygens (including phenoxy) is 1. The first-order valence-electron chi connectivity index (χ1n) is 5.91. The molecule has 88 valence electrons. The van der Waals surface area contributed by atoms with Crippen molar-refractivity contribution >= 4 is 15.9 Å². The molecule has 2 nitrogen and oxygen atoms in total. The minimum atomic E-state index is 0.689. The lowest BCUT2D eigenvalue weighted by Crippen LogP contribution is -2.19. The van der Waals surface area contributed by atoms with Crippen molar-refractivity contribution in [2.24, 2.45) is 11.7 Å². The summed E-state index contributed by atoms with van der Waals surface area (Å²) in [5.74, 6) is 1.73. The summed E-state index contributed by atoms with van der Waals surface area (Å²) >= 11 is 3.54. The van der Waals surface area contributed by atoms with E-state index in [0.29, 0.717) is 6.54 Å². The van der Waals surface area contributed by atoms with E-state index in [9.17, 15) is 0 Å². The molecule has 1 aromatic carbocycles. The lowest BCUT2D eigenvalue weighted by atomic mass is 9.86. The Morgan fingerprint density at radius 3 is 2.75 bits per heavy atom. The molecule has 1 saturated carbocycles. The fourth-order valence-electron chi connectivity index (χ4n) is 1.85. The van der Waals surface area contributed by atoms with Crippen LogP contribution in [0.5, 0.6) is 5.75 Å². The summed E-state index contributed by atoms with van der Waals surface area (Å²) in [5.41, 5.74) is 6.78. The smallest absolute Gasteiger partial charge is 0.133 e. The van der Waals surface area contributed by atoms with Crippen LogP contribution in [0.1, 0.15) is 24.8 Å². The summed E-state index contributed by atoms with van der Waals surface area (Å²) in [6.07, 6.45) is 4.93. The Labute approximate surface area is 105 Å². The predicted octanol–water partition coefficient (Wildman–Crippen LogP) is 3.13. The Hall–Kier alpha value is -0.540. The van der Waals surface area contributed by atoms with Gasteiger partial charge in [0.1, 0.15) is 5.75 Å². The van der Waals surface area contributed by atoms with Crippen molar-refractivity contribution in [2.75, 3.05) is 13.2 Å². The normalized spacial score (nSPS) is 15.9. The van der Waals surface area contributed by atoms with E-state index >= 15 is 0 Å². The largest absolute Gasteiger partial charge is 0.492 e. The van der Waals surface area contributed by atoms with Crippen LogP contribution in [0.4, 0.5) is 0 Å². The van der Waals surface area contributed by atoms with Gasteiger partial charge < -0.3 is 10.5 Å². The van der Waals surface area contributed by atoms with Gasteiger partial charge in [0, 0.05) is 0 Å². The molecule has 0 amide bonds.